The van der Waals surface area contributed by atoms with E-state index in [0.29, 0.717) is 12.1 Å². The molecule has 23 heavy (non-hydrogen) atoms. The molecule has 3 heterocycles. The van der Waals surface area contributed by atoms with Crippen LogP contribution in [0.3, 0.4) is 0 Å². The third kappa shape index (κ3) is 2.74. The average molecular weight is 313 g/mol. The molecule has 0 spiro atoms. The van der Waals surface area contributed by atoms with Gasteiger partial charge in [-0.3, -0.25) is 9.69 Å². The summed E-state index contributed by atoms with van der Waals surface area (Å²) in [7, 11) is 0. The number of amides is 1. The number of rotatable bonds is 3. The van der Waals surface area contributed by atoms with Crippen molar-refractivity contribution in [2.45, 2.75) is 51.2 Å². The number of nitrogens with zero attached hydrogens (tertiary/aromatic N) is 3. The molecule has 2 aliphatic heterocycles. The van der Waals surface area contributed by atoms with E-state index in [9.17, 15) is 4.79 Å². The van der Waals surface area contributed by atoms with Crippen LogP contribution in [0.25, 0.3) is 11.1 Å². The maximum Gasteiger partial charge on any atom is 0.219 e. The molecule has 122 valence electrons. The Balaban J connectivity index is 1.52. The van der Waals surface area contributed by atoms with Crippen molar-refractivity contribution in [2.75, 3.05) is 13.1 Å². The van der Waals surface area contributed by atoms with Crippen LogP contribution in [0.5, 0.6) is 0 Å². The van der Waals surface area contributed by atoms with Crippen molar-refractivity contribution in [3.05, 3.63) is 30.2 Å². The number of carbonyl (C=O) groups excluding carboxylic acids is 1. The molecular weight excluding hydrogens is 290 g/mol. The van der Waals surface area contributed by atoms with Crippen molar-refractivity contribution in [1.29, 1.82) is 0 Å². The molecule has 0 bridgehead atoms. The summed E-state index contributed by atoms with van der Waals surface area (Å²) in [5.74, 6) is 0.992. The van der Waals surface area contributed by atoms with Gasteiger partial charge in [0.15, 0.2) is 5.58 Å². The molecule has 2 aromatic rings. The molecule has 2 fully saturated rings. The fraction of sp³-hybridized carbons (Fsp3) is 0.556. The van der Waals surface area contributed by atoms with Crippen molar-refractivity contribution >= 4 is 17.0 Å². The van der Waals surface area contributed by atoms with Crippen LogP contribution in [-0.4, -0.2) is 45.9 Å². The van der Waals surface area contributed by atoms with Crippen molar-refractivity contribution in [1.82, 2.24) is 14.8 Å². The van der Waals surface area contributed by atoms with Crippen LogP contribution in [0.4, 0.5) is 0 Å². The van der Waals surface area contributed by atoms with E-state index < -0.39 is 0 Å². The van der Waals surface area contributed by atoms with Gasteiger partial charge in [0.2, 0.25) is 11.8 Å². The maximum absolute atomic E-state index is 11.9. The van der Waals surface area contributed by atoms with E-state index in [1.165, 1.54) is 6.42 Å². The molecule has 2 saturated heterocycles. The van der Waals surface area contributed by atoms with Crippen LogP contribution in [0.1, 0.15) is 38.5 Å². The van der Waals surface area contributed by atoms with Gasteiger partial charge in [0, 0.05) is 25.6 Å². The molecule has 4 rings (SSSR count). The van der Waals surface area contributed by atoms with Gasteiger partial charge in [0.1, 0.15) is 5.52 Å². The molecule has 1 amide bonds. The highest BCUT2D eigenvalue weighted by Gasteiger charge is 2.39. The number of oxazole rings is 1. The number of hydrogen-bond donors (Lipinski definition) is 0. The number of para-hydroxylation sites is 2. The van der Waals surface area contributed by atoms with Gasteiger partial charge >= 0.3 is 0 Å². The Hall–Kier alpha value is -1.88. The van der Waals surface area contributed by atoms with Crippen molar-refractivity contribution in [3.8, 4) is 0 Å². The summed E-state index contributed by atoms with van der Waals surface area (Å²) in [6.45, 7) is 4.40. The number of carbonyl (C=O) groups is 1. The summed E-state index contributed by atoms with van der Waals surface area (Å²) >= 11 is 0. The van der Waals surface area contributed by atoms with Crippen LogP contribution in [0.2, 0.25) is 0 Å². The topological polar surface area (TPSA) is 49.6 Å². The normalized spacial score (nSPS) is 25.5. The molecule has 5 nitrogen and oxygen atoms in total. The number of hydrogen-bond acceptors (Lipinski definition) is 4. The Morgan fingerprint density at radius 1 is 1.22 bits per heavy atom. The summed E-state index contributed by atoms with van der Waals surface area (Å²) in [5.41, 5.74) is 1.77. The Morgan fingerprint density at radius 2 is 2.00 bits per heavy atom. The van der Waals surface area contributed by atoms with E-state index in [4.69, 9.17) is 4.42 Å². The van der Waals surface area contributed by atoms with Gasteiger partial charge in [-0.05, 0) is 44.4 Å². The standard InChI is InChI=1S/C18H23N3O2/c1-13(22)21-11-5-8-16(21)15-7-4-10-20(15)12-18-19-14-6-2-3-9-17(14)23-18/h2-3,6,9,15-16H,4-5,7-8,10-12H2,1H3/t15-,16+/m1/s1. The van der Waals surface area contributed by atoms with E-state index in [0.717, 1.165) is 55.9 Å². The summed E-state index contributed by atoms with van der Waals surface area (Å²) in [6, 6.07) is 8.70. The van der Waals surface area contributed by atoms with E-state index >= 15 is 0 Å². The first-order valence-corrected chi connectivity index (χ1v) is 8.58. The second kappa shape index (κ2) is 5.96. The zero-order valence-corrected chi connectivity index (χ0v) is 13.6. The third-order valence-electron chi connectivity index (χ3n) is 5.24. The summed E-state index contributed by atoms with van der Waals surface area (Å²) in [4.78, 5) is 21.0. The largest absolute Gasteiger partial charge is 0.439 e. The first-order chi connectivity index (χ1) is 11.2. The zero-order chi connectivity index (χ0) is 15.8. The van der Waals surface area contributed by atoms with Gasteiger partial charge < -0.3 is 9.32 Å². The molecule has 1 aromatic heterocycles. The zero-order valence-electron chi connectivity index (χ0n) is 13.6. The quantitative estimate of drug-likeness (QED) is 0.874. The second-order valence-corrected chi connectivity index (χ2v) is 6.68. The minimum absolute atomic E-state index is 0.209. The van der Waals surface area contributed by atoms with Crippen LogP contribution < -0.4 is 0 Å². The number of benzene rings is 1. The van der Waals surface area contributed by atoms with Gasteiger partial charge in [0.05, 0.1) is 6.54 Å². The monoisotopic (exact) mass is 313 g/mol. The second-order valence-electron chi connectivity index (χ2n) is 6.68. The lowest BCUT2D eigenvalue weighted by Crippen LogP contribution is -2.47. The molecule has 5 heteroatoms. The van der Waals surface area contributed by atoms with E-state index in [-0.39, 0.29) is 5.91 Å². The van der Waals surface area contributed by atoms with E-state index in [2.05, 4.69) is 14.8 Å². The Bertz CT molecular complexity index is 678. The van der Waals surface area contributed by atoms with Crippen molar-refractivity contribution in [3.63, 3.8) is 0 Å². The highest BCUT2D eigenvalue weighted by atomic mass is 16.3. The first kappa shape index (κ1) is 14.7. The van der Waals surface area contributed by atoms with Gasteiger partial charge in [-0.25, -0.2) is 4.98 Å². The lowest BCUT2D eigenvalue weighted by Gasteiger charge is -2.34. The number of likely N-dealkylation sites (tertiary alicyclic amines) is 2. The van der Waals surface area contributed by atoms with Crippen molar-refractivity contribution in [2.24, 2.45) is 0 Å². The van der Waals surface area contributed by atoms with Gasteiger partial charge in [-0.1, -0.05) is 12.1 Å². The lowest BCUT2D eigenvalue weighted by molar-refractivity contribution is -0.130. The summed E-state index contributed by atoms with van der Waals surface area (Å²) < 4.78 is 5.88. The molecule has 2 atom stereocenters. The number of aromatic nitrogens is 1. The minimum atomic E-state index is 0.209. The molecule has 2 aliphatic rings. The van der Waals surface area contributed by atoms with Gasteiger partial charge in [-0.2, -0.15) is 0 Å². The first-order valence-electron chi connectivity index (χ1n) is 8.58. The van der Waals surface area contributed by atoms with Gasteiger partial charge in [0.25, 0.3) is 0 Å². The Kier molecular flexibility index (Phi) is 3.81. The third-order valence-corrected chi connectivity index (χ3v) is 5.24. The molecule has 0 aliphatic carbocycles. The Morgan fingerprint density at radius 3 is 2.83 bits per heavy atom. The molecular formula is C18H23N3O2. The van der Waals surface area contributed by atoms with Crippen LogP contribution in [0.15, 0.2) is 28.7 Å². The highest BCUT2D eigenvalue weighted by molar-refractivity contribution is 5.74. The molecule has 0 saturated carbocycles. The van der Waals surface area contributed by atoms with Gasteiger partial charge in [-0.15, -0.1) is 0 Å². The summed E-state index contributed by atoms with van der Waals surface area (Å²) in [5, 5.41) is 0. The average Bonchev–Trinajstić information content (AvgIpc) is 3.25. The lowest BCUT2D eigenvalue weighted by atomic mass is 10.0. The highest BCUT2D eigenvalue weighted by Crippen LogP contribution is 2.31. The van der Waals surface area contributed by atoms with Crippen LogP contribution >= 0.6 is 0 Å². The summed E-state index contributed by atoms with van der Waals surface area (Å²) in [6.07, 6.45) is 4.59. The van der Waals surface area contributed by atoms with E-state index in [1.54, 1.807) is 6.92 Å². The molecule has 0 N–H and O–H groups in total. The fourth-order valence-corrected chi connectivity index (χ4v) is 4.23. The van der Waals surface area contributed by atoms with Crippen molar-refractivity contribution < 1.29 is 9.21 Å². The minimum Gasteiger partial charge on any atom is -0.439 e. The molecule has 0 radical (unpaired) electrons. The predicted molar refractivity (Wildman–Crippen MR) is 87.9 cm³/mol. The fourth-order valence-electron chi connectivity index (χ4n) is 4.23. The SMILES string of the molecule is CC(=O)N1CCC[C@H]1[C@H]1CCCN1Cc1nc2ccccc2o1. The number of fused-ring (bicyclic) bond motifs is 1. The van der Waals surface area contributed by atoms with Crippen LogP contribution in [0, 0.1) is 0 Å². The Labute approximate surface area is 136 Å². The van der Waals surface area contributed by atoms with Crippen LogP contribution in [-0.2, 0) is 11.3 Å². The molecule has 1 aromatic carbocycles. The smallest absolute Gasteiger partial charge is 0.219 e. The predicted octanol–water partition coefficient (Wildman–Crippen LogP) is 2.80. The maximum atomic E-state index is 11.9. The van der Waals surface area contributed by atoms with E-state index in [1.807, 2.05) is 24.3 Å². The molecule has 0 unspecified atom stereocenters.